The van der Waals surface area contributed by atoms with E-state index in [1.165, 1.54) is 6.08 Å². The fourth-order valence-corrected chi connectivity index (χ4v) is 2.02. The predicted octanol–water partition coefficient (Wildman–Crippen LogP) is 4.06. The van der Waals surface area contributed by atoms with Gasteiger partial charge >= 0.3 is 5.97 Å². The average Bonchev–Trinajstić information content (AvgIpc) is 2.62. The Morgan fingerprint density at radius 2 is 1.76 bits per heavy atom. The number of nitrogens with zero attached hydrogens (tertiary/aromatic N) is 2. The van der Waals surface area contributed by atoms with E-state index in [9.17, 15) is 4.79 Å². The van der Waals surface area contributed by atoms with Crippen molar-refractivity contribution in [2.45, 2.75) is 6.92 Å². The molecule has 0 saturated carbocycles. The lowest BCUT2D eigenvalue weighted by atomic mass is 10.1. The zero-order valence-corrected chi connectivity index (χ0v) is 14.1. The van der Waals surface area contributed by atoms with Crippen LogP contribution in [0.25, 0.3) is 6.08 Å². The zero-order valence-electron chi connectivity index (χ0n) is 13.3. The van der Waals surface area contributed by atoms with Crippen LogP contribution in [0.4, 0.5) is 0 Å². The summed E-state index contributed by atoms with van der Waals surface area (Å²) in [7, 11) is 0. The highest BCUT2D eigenvalue weighted by molar-refractivity contribution is 6.31. The highest BCUT2D eigenvalue weighted by Crippen LogP contribution is 2.21. The van der Waals surface area contributed by atoms with Crippen molar-refractivity contribution in [2.75, 3.05) is 6.61 Å². The van der Waals surface area contributed by atoms with Crippen LogP contribution in [0.15, 0.2) is 48.0 Å². The molecular weight excluding hydrogens is 340 g/mol. The standard InChI is InChI=1S/C19H13ClN2O3/c1-13-8-17(6-7-18(13)20)24-12-19(23)25-16-4-2-14(3-5-16)9-15(10-21)11-22/h2-9H,12H2,1H3. The fraction of sp³-hybridized carbons (Fsp3) is 0.105. The largest absolute Gasteiger partial charge is 0.482 e. The first-order chi connectivity index (χ1) is 12.0. The van der Waals surface area contributed by atoms with Crippen molar-refractivity contribution < 1.29 is 14.3 Å². The summed E-state index contributed by atoms with van der Waals surface area (Å²) in [4.78, 5) is 11.8. The van der Waals surface area contributed by atoms with Gasteiger partial charge in [-0.1, -0.05) is 23.7 Å². The monoisotopic (exact) mass is 352 g/mol. The first-order valence-electron chi connectivity index (χ1n) is 7.23. The van der Waals surface area contributed by atoms with Gasteiger partial charge in [0.05, 0.1) is 0 Å². The Balaban J connectivity index is 1.92. The van der Waals surface area contributed by atoms with E-state index in [0.717, 1.165) is 5.56 Å². The number of rotatable bonds is 5. The van der Waals surface area contributed by atoms with Crippen LogP contribution in [-0.2, 0) is 4.79 Å². The summed E-state index contributed by atoms with van der Waals surface area (Å²) in [5.74, 6) is 0.319. The van der Waals surface area contributed by atoms with Crippen LogP contribution in [0.2, 0.25) is 5.02 Å². The topological polar surface area (TPSA) is 83.1 Å². The minimum atomic E-state index is -0.550. The quantitative estimate of drug-likeness (QED) is 0.460. The van der Waals surface area contributed by atoms with E-state index in [1.807, 2.05) is 6.92 Å². The van der Waals surface area contributed by atoms with Gasteiger partial charge < -0.3 is 9.47 Å². The summed E-state index contributed by atoms with van der Waals surface area (Å²) in [6.07, 6.45) is 1.44. The second-order valence-electron chi connectivity index (χ2n) is 5.02. The van der Waals surface area contributed by atoms with Crippen molar-refractivity contribution in [1.29, 1.82) is 10.5 Å². The molecule has 0 radical (unpaired) electrons. The lowest BCUT2D eigenvalue weighted by Crippen LogP contribution is -2.17. The molecule has 2 rings (SSSR count). The van der Waals surface area contributed by atoms with Gasteiger partial charge in [-0.25, -0.2) is 4.79 Å². The van der Waals surface area contributed by atoms with Crippen molar-refractivity contribution >= 4 is 23.6 Å². The summed E-state index contributed by atoms with van der Waals surface area (Å²) < 4.78 is 10.5. The number of ether oxygens (including phenoxy) is 2. The second kappa shape index (κ2) is 8.54. The Labute approximate surface area is 150 Å². The number of halogens is 1. The molecule has 0 unspecified atom stereocenters. The van der Waals surface area contributed by atoms with Crippen LogP contribution in [0.5, 0.6) is 11.5 Å². The van der Waals surface area contributed by atoms with Crippen LogP contribution >= 0.6 is 11.6 Å². The molecule has 0 aliphatic heterocycles. The molecule has 0 aromatic heterocycles. The number of allylic oxidation sites excluding steroid dienone is 1. The Morgan fingerprint density at radius 3 is 2.36 bits per heavy atom. The van der Waals surface area contributed by atoms with Crippen LogP contribution in [0.1, 0.15) is 11.1 Å². The van der Waals surface area contributed by atoms with Gasteiger partial charge in [0.2, 0.25) is 0 Å². The van der Waals surface area contributed by atoms with E-state index in [-0.39, 0.29) is 12.2 Å². The average molecular weight is 353 g/mol. The zero-order chi connectivity index (χ0) is 18.2. The van der Waals surface area contributed by atoms with E-state index in [0.29, 0.717) is 22.1 Å². The number of nitriles is 2. The summed E-state index contributed by atoms with van der Waals surface area (Å²) in [5.41, 5.74) is 1.51. The van der Waals surface area contributed by atoms with E-state index in [1.54, 1.807) is 54.6 Å². The maximum Gasteiger partial charge on any atom is 0.349 e. The van der Waals surface area contributed by atoms with Crippen molar-refractivity contribution in [1.82, 2.24) is 0 Å². The Kier molecular flexibility index (Phi) is 6.17. The van der Waals surface area contributed by atoms with Gasteiger partial charge in [0.25, 0.3) is 0 Å². The van der Waals surface area contributed by atoms with Crippen molar-refractivity contribution in [3.8, 4) is 23.6 Å². The van der Waals surface area contributed by atoms with Gasteiger partial charge in [-0.05, 0) is 54.5 Å². The van der Waals surface area contributed by atoms with E-state index >= 15 is 0 Å². The number of hydrogen-bond acceptors (Lipinski definition) is 5. The maximum atomic E-state index is 11.8. The third-order valence-electron chi connectivity index (χ3n) is 3.15. The first kappa shape index (κ1) is 18.1. The third-order valence-corrected chi connectivity index (χ3v) is 3.57. The molecule has 5 nitrogen and oxygen atoms in total. The molecule has 0 spiro atoms. The molecule has 0 heterocycles. The van der Waals surface area contributed by atoms with E-state index in [4.69, 9.17) is 31.6 Å². The van der Waals surface area contributed by atoms with Gasteiger partial charge in [0.1, 0.15) is 29.2 Å². The number of esters is 1. The van der Waals surface area contributed by atoms with Gasteiger partial charge in [-0.15, -0.1) is 0 Å². The number of hydrogen-bond donors (Lipinski definition) is 0. The Bertz CT molecular complexity index is 874. The number of carbonyl (C=O) groups excluding carboxylic acids is 1. The van der Waals surface area contributed by atoms with Crippen molar-refractivity contribution in [3.05, 3.63) is 64.2 Å². The molecule has 0 bridgehead atoms. The van der Waals surface area contributed by atoms with E-state index in [2.05, 4.69) is 0 Å². The molecule has 124 valence electrons. The van der Waals surface area contributed by atoms with Crippen LogP contribution in [-0.4, -0.2) is 12.6 Å². The molecule has 0 amide bonds. The fourth-order valence-electron chi connectivity index (χ4n) is 1.90. The summed E-state index contributed by atoms with van der Waals surface area (Å²) in [6, 6.07) is 15.1. The van der Waals surface area contributed by atoms with E-state index < -0.39 is 5.97 Å². The highest BCUT2D eigenvalue weighted by atomic mass is 35.5. The minimum absolute atomic E-state index is 0.00333. The molecule has 6 heteroatoms. The molecule has 2 aromatic rings. The van der Waals surface area contributed by atoms with Crippen molar-refractivity contribution in [2.24, 2.45) is 0 Å². The number of benzene rings is 2. The third kappa shape index (κ3) is 5.39. The molecule has 0 aliphatic rings. The highest BCUT2D eigenvalue weighted by Gasteiger charge is 2.07. The van der Waals surface area contributed by atoms with Crippen LogP contribution in [0.3, 0.4) is 0 Å². The molecule has 0 aliphatic carbocycles. The first-order valence-corrected chi connectivity index (χ1v) is 7.61. The van der Waals surface area contributed by atoms with Crippen LogP contribution < -0.4 is 9.47 Å². The Morgan fingerprint density at radius 1 is 1.12 bits per heavy atom. The molecule has 25 heavy (non-hydrogen) atoms. The normalized spacial score (nSPS) is 9.44. The molecule has 0 saturated heterocycles. The summed E-state index contributed by atoms with van der Waals surface area (Å²) in [5, 5.41) is 18.1. The second-order valence-corrected chi connectivity index (χ2v) is 5.43. The summed E-state index contributed by atoms with van der Waals surface area (Å²) >= 11 is 5.93. The molecule has 0 N–H and O–H groups in total. The number of aryl methyl sites for hydroxylation is 1. The molecule has 0 fully saturated rings. The van der Waals surface area contributed by atoms with Gasteiger partial charge in [-0.2, -0.15) is 10.5 Å². The van der Waals surface area contributed by atoms with Crippen LogP contribution in [0, 0.1) is 29.6 Å². The minimum Gasteiger partial charge on any atom is -0.482 e. The van der Waals surface area contributed by atoms with Gasteiger partial charge in [-0.3, -0.25) is 0 Å². The van der Waals surface area contributed by atoms with Crippen molar-refractivity contribution in [3.63, 3.8) is 0 Å². The molecule has 0 atom stereocenters. The Hall–Kier alpha value is -3.28. The van der Waals surface area contributed by atoms with Gasteiger partial charge in [0, 0.05) is 5.02 Å². The lowest BCUT2D eigenvalue weighted by Gasteiger charge is -2.08. The predicted molar refractivity (Wildman–Crippen MR) is 93.0 cm³/mol. The summed E-state index contributed by atoms with van der Waals surface area (Å²) in [6.45, 7) is 1.60. The molecular formula is C19H13ClN2O3. The number of carbonyl (C=O) groups is 1. The SMILES string of the molecule is Cc1cc(OCC(=O)Oc2ccc(C=C(C#N)C#N)cc2)ccc1Cl. The lowest BCUT2D eigenvalue weighted by molar-refractivity contribution is -0.136. The molecule has 2 aromatic carbocycles. The smallest absolute Gasteiger partial charge is 0.349 e. The maximum absolute atomic E-state index is 11.8. The van der Waals surface area contributed by atoms with Gasteiger partial charge in [0.15, 0.2) is 6.61 Å².